The van der Waals surface area contributed by atoms with Gasteiger partial charge in [-0.2, -0.15) is 0 Å². The van der Waals surface area contributed by atoms with E-state index in [4.69, 9.17) is 5.11 Å². The van der Waals surface area contributed by atoms with Crippen LogP contribution in [0.3, 0.4) is 0 Å². The minimum Gasteiger partial charge on any atom is -0.481 e. The number of carbonyl (C=O) groups excluding carboxylic acids is 1. The highest BCUT2D eigenvalue weighted by molar-refractivity contribution is 5.78. The summed E-state index contributed by atoms with van der Waals surface area (Å²) in [6.45, 7) is 0.647. The minimum absolute atomic E-state index is 0.0963. The zero-order valence-electron chi connectivity index (χ0n) is 10.7. The molecule has 7 heteroatoms. The SMILES string of the molecule is O=C(O)CCCCc1cn(CC2CCC(=O)N2)nn1. The van der Waals surface area contributed by atoms with Crippen LogP contribution in [0.15, 0.2) is 6.20 Å². The van der Waals surface area contributed by atoms with Crippen molar-refractivity contribution in [3.8, 4) is 0 Å². The van der Waals surface area contributed by atoms with E-state index in [1.807, 2.05) is 6.20 Å². The van der Waals surface area contributed by atoms with Gasteiger partial charge in [0.25, 0.3) is 0 Å². The first kappa shape index (κ1) is 13.5. The van der Waals surface area contributed by atoms with Crippen LogP contribution >= 0.6 is 0 Å². The predicted molar refractivity (Wildman–Crippen MR) is 66.4 cm³/mol. The number of hydrogen-bond donors (Lipinski definition) is 2. The Morgan fingerprint density at radius 3 is 3.05 bits per heavy atom. The molecule has 0 saturated carbocycles. The summed E-state index contributed by atoms with van der Waals surface area (Å²) in [4.78, 5) is 21.4. The standard InChI is InChI=1S/C12H18N4O3/c17-11-6-5-9(13-11)7-16-8-10(14-15-16)3-1-2-4-12(18)19/h8-9H,1-7H2,(H,13,17)(H,18,19). The predicted octanol–water partition coefficient (Wildman–Crippen LogP) is 0.354. The molecule has 1 atom stereocenters. The average molecular weight is 266 g/mol. The van der Waals surface area contributed by atoms with Gasteiger partial charge in [-0.15, -0.1) is 5.10 Å². The third-order valence-electron chi connectivity index (χ3n) is 3.15. The number of aromatic nitrogens is 3. The van der Waals surface area contributed by atoms with Crippen molar-refractivity contribution < 1.29 is 14.7 Å². The number of unbranched alkanes of at least 4 members (excludes halogenated alkanes) is 1. The maximum absolute atomic E-state index is 11.1. The quantitative estimate of drug-likeness (QED) is 0.694. The summed E-state index contributed by atoms with van der Waals surface area (Å²) in [5, 5.41) is 19.5. The maximum atomic E-state index is 11.1. The smallest absolute Gasteiger partial charge is 0.303 e. The number of aliphatic carboxylic acids is 1. The van der Waals surface area contributed by atoms with Crippen LogP contribution in [0.4, 0.5) is 0 Å². The lowest BCUT2D eigenvalue weighted by Crippen LogP contribution is -2.29. The number of hydrogen-bond acceptors (Lipinski definition) is 4. The Hall–Kier alpha value is -1.92. The number of carboxylic acids is 1. The van der Waals surface area contributed by atoms with Gasteiger partial charge in [-0.3, -0.25) is 14.3 Å². The molecule has 0 aromatic carbocycles. The van der Waals surface area contributed by atoms with Crippen molar-refractivity contribution in [2.75, 3.05) is 0 Å². The Labute approximate surface area is 111 Å². The second-order valence-corrected chi connectivity index (χ2v) is 4.84. The highest BCUT2D eigenvalue weighted by Gasteiger charge is 2.21. The number of carboxylic acid groups (broad SMARTS) is 1. The Morgan fingerprint density at radius 2 is 2.37 bits per heavy atom. The van der Waals surface area contributed by atoms with Crippen molar-refractivity contribution in [1.29, 1.82) is 0 Å². The molecule has 1 aromatic rings. The van der Waals surface area contributed by atoms with Crippen LogP contribution in [0, 0.1) is 0 Å². The van der Waals surface area contributed by atoms with E-state index in [-0.39, 0.29) is 18.4 Å². The first-order valence-electron chi connectivity index (χ1n) is 6.53. The second-order valence-electron chi connectivity index (χ2n) is 4.84. The van der Waals surface area contributed by atoms with E-state index in [2.05, 4.69) is 15.6 Å². The van der Waals surface area contributed by atoms with Gasteiger partial charge in [0.15, 0.2) is 0 Å². The highest BCUT2D eigenvalue weighted by atomic mass is 16.4. The molecular formula is C12H18N4O3. The summed E-state index contributed by atoms with van der Waals surface area (Å²) in [5.74, 6) is -0.667. The maximum Gasteiger partial charge on any atom is 0.303 e. The van der Waals surface area contributed by atoms with Crippen molar-refractivity contribution in [3.63, 3.8) is 0 Å². The number of nitrogens with one attached hydrogen (secondary N) is 1. The van der Waals surface area contributed by atoms with Gasteiger partial charge in [0.2, 0.25) is 5.91 Å². The zero-order chi connectivity index (χ0) is 13.7. The van der Waals surface area contributed by atoms with Crippen molar-refractivity contribution in [1.82, 2.24) is 20.3 Å². The average Bonchev–Trinajstić information content (AvgIpc) is 2.95. The molecule has 1 saturated heterocycles. The molecule has 1 amide bonds. The number of carbonyl (C=O) groups is 2. The van der Waals surface area contributed by atoms with Crippen LogP contribution < -0.4 is 5.32 Å². The van der Waals surface area contributed by atoms with Crippen LogP contribution in [-0.2, 0) is 22.6 Å². The molecule has 0 spiro atoms. The summed E-state index contributed by atoms with van der Waals surface area (Å²) in [5.41, 5.74) is 0.870. The van der Waals surface area contributed by atoms with Gasteiger partial charge in [-0.1, -0.05) is 5.21 Å². The van der Waals surface area contributed by atoms with Gasteiger partial charge in [-0.25, -0.2) is 0 Å². The summed E-state index contributed by atoms with van der Waals surface area (Å²) >= 11 is 0. The van der Waals surface area contributed by atoms with Gasteiger partial charge >= 0.3 is 5.97 Å². The van der Waals surface area contributed by atoms with E-state index in [1.54, 1.807) is 4.68 Å². The molecule has 0 bridgehead atoms. The fourth-order valence-corrected chi connectivity index (χ4v) is 2.16. The molecule has 7 nitrogen and oxygen atoms in total. The Kier molecular flexibility index (Phi) is 4.48. The lowest BCUT2D eigenvalue weighted by Gasteiger charge is -2.08. The third-order valence-corrected chi connectivity index (χ3v) is 3.15. The number of rotatable bonds is 7. The molecule has 0 radical (unpaired) electrons. The minimum atomic E-state index is -0.763. The lowest BCUT2D eigenvalue weighted by atomic mass is 10.1. The van der Waals surface area contributed by atoms with E-state index >= 15 is 0 Å². The van der Waals surface area contributed by atoms with Crippen molar-refractivity contribution >= 4 is 11.9 Å². The zero-order valence-corrected chi connectivity index (χ0v) is 10.7. The summed E-state index contributed by atoms with van der Waals surface area (Å²) in [7, 11) is 0. The largest absolute Gasteiger partial charge is 0.481 e. The molecule has 1 aliphatic heterocycles. The van der Waals surface area contributed by atoms with E-state index < -0.39 is 5.97 Å². The number of aryl methyl sites for hydroxylation is 1. The summed E-state index contributed by atoms with van der Waals surface area (Å²) in [6.07, 6.45) is 5.68. The normalized spacial score (nSPS) is 18.5. The van der Waals surface area contributed by atoms with Crippen LogP contribution in [-0.4, -0.2) is 38.0 Å². The first-order chi connectivity index (χ1) is 9.13. The van der Waals surface area contributed by atoms with E-state index in [0.29, 0.717) is 19.4 Å². The topological polar surface area (TPSA) is 97.1 Å². The van der Waals surface area contributed by atoms with Crippen LogP contribution in [0.1, 0.15) is 37.8 Å². The van der Waals surface area contributed by atoms with Crippen molar-refractivity contribution in [2.24, 2.45) is 0 Å². The highest BCUT2D eigenvalue weighted by Crippen LogP contribution is 2.09. The van der Waals surface area contributed by atoms with Gasteiger partial charge in [0, 0.05) is 25.1 Å². The van der Waals surface area contributed by atoms with Crippen molar-refractivity contribution in [3.05, 3.63) is 11.9 Å². The molecule has 2 heterocycles. The molecule has 104 valence electrons. The summed E-state index contributed by atoms with van der Waals surface area (Å²) < 4.78 is 1.74. The monoisotopic (exact) mass is 266 g/mol. The molecular weight excluding hydrogens is 248 g/mol. The summed E-state index contributed by atoms with van der Waals surface area (Å²) in [6, 6.07) is 0.147. The van der Waals surface area contributed by atoms with Gasteiger partial charge < -0.3 is 10.4 Å². The van der Waals surface area contributed by atoms with E-state index in [1.165, 1.54) is 0 Å². The van der Waals surface area contributed by atoms with Gasteiger partial charge in [-0.05, 0) is 25.7 Å². The first-order valence-corrected chi connectivity index (χ1v) is 6.53. The molecule has 1 aliphatic rings. The third kappa shape index (κ3) is 4.35. The molecule has 1 fully saturated rings. The number of nitrogens with zero attached hydrogens (tertiary/aromatic N) is 3. The molecule has 1 unspecified atom stereocenters. The fraction of sp³-hybridized carbons (Fsp3) is 0.667. The van der Waals surface area contributed by atoms with Crippen molar-refractivity contribution in [2.45, 2.75) is 51.1 Å². The van der Waals surface area contributed by atoms with E-state index in [0.717, 1.165) is 25.0 Å². The van der Waals surface area contributed by atoms with Gasteiger partial charge in [0.05, 0.1) is 12.2 Å². The number of amides is 1. The van der Waals surface area contributed by atoms with Crippen LogP contribution in [0.25, 0.3) is 0 Å². The Balaban J connectivity index is 1.72. The van der Waals surface area contributed by atoms with Crippen LogP contribution in [0.5, 0.6) is 0 Å². The molecule has 1 aromatic heterocycles. The van der Waals surface area contributed by atoms with E-state index in [9.17, 15) is 9.59 Å². The lowest BCUT2D eigenvalue weighted by molar-refractivity contribution is -0.137. The molecule has 2 rings (SSSR count). The second kappa shape index (κ2) is 6.31. The van der Waals surface area contributed by atoms with Gasteiger partial charge in [0.1, 0.15) is 0 Å². The fourth-order valence-electron chi connectivity index (χ4n) is 2.16. The Morgan fingerprint density at radius 1 is 1.53 bits per heavy atom. The Bertz CT molecular complexity index is 458. The van der Waals surface area contributed by atoms with Crippen LogP contribution in [0.2, 0.25) is 0 Å². The molecule has 19 heavy (non-hydrogen) atoms. The molecule has 0 aliphatic carbocycles. The molecule has 2 N–H and O–H groups in total.